The number of aryl methyl sites for hydroxylation is 1. The zero-order valence-corrected chi connectivity index (χ0v) is 9.73. The number of carboxylic acid groups (broad SMARTS) is 1. The Morgan fingerprint density at radius 3 is 2.35 bits per heavy atom. The maximum absolute atomic E-state index is 11.0. The molecule has 0 saturated heterocycles. The van der Waals surface area contributed by atoms with Crippen molar-refractivity contribution in [3.05, 3.63) is 23.5 Å². The Labute approximate surface area is 97.6 Å². The van der Waals surface area contributed by atoms with Crippen molar-refractivity contribution in [1.29, 1.82) is 0 Å². The fraction of sp³-hybridized carbons (Fsp3) is 0.250. The molecular formula is C12H12O5. The molecule has 0 fully saturated rings. The summed E-state index contributed by atoms with van der Waals surface area (Å²) < 4.78 is 15.6. The summed E-state index contributed by atoms with van der Waals surface area (Å²) in [6, 6.07) is 3.39. The molecule has 0 aliphatic carbocycles. The highest BCUT2D eigenvalue weighted by Gasteiger charge is 2.22. The third kappa shape index (κ3) is 1.60. The summed E-state index contributed by atoms with van der Waals surface area (Å²) in [5.41, 5.74) is 0.921. The molecule has 2 aromatic rings. The quantitative estimate of drug-likeness (QED) is 0.886. The van der Waals surface area contributed by atoms with Crippen molar-refractivity contribution in [2.24, 2.45) is 0 Å². The second kappa shape index (κ2) is 4.01. The molecule has 17 heavy (non-hydrogen) atoms. The topological polar surface area (TPSA) is 68.9 Å². The van der Waals surface area contributed by atoms with Gasteiger partial charge in [0.25, 0.3) is 0 Å². The van der Waals surface area contributed by atoms with Crippen molar-refractivity contribution in [2.45, 2.75) is 6.92 Å². The lowest BCUT2D eigenvalue weighted by atomic mass is 10.1. The van der Waals surface area contributed by atoms with E-state index >= 15 is 0 Å². The first-order chi connectivity index (χ1) is 8.10. The minimum atomic E-state index is -1.11. The van der Waals surface area contributed by atoms with Crippen LogP contribution in [0.1, 0.15) is 16.1 Å². The first-order valence-corrected chi connectivity index (χ1v) is 4.97. The van der Waals surface area contributed by atoms with Gasteiger partial charge in [0, 0.05) is 5.56 Å². The normalized spacial score (nSPS) is 10.5. The lowest BCUT2D eigenvalue weighted by Crippen LogP contribution is -1.95. The molecular weight excluding hydrogens is 224 g/mol. The van der Waals surface area contributed by atoms with Crippen LogP contribution in [0.15, 0.2) is 16.5 Å². The predicted octanol–water partition coefficient (Wildman–Crippen LogP) is 2.46. The SMILES string of the molecule is COc1ccc(OC)c2c(C)c(C(=O)O)oc12. The van der Waals surface area contributed by atoms with E-state index in [0.29, 0.717) is 28.0 Å². The van der Waals surface area contributed by atoms with Crippen LogP contribution in [0.3, 0.4) is 0 Å². The van der Waals surface area contributed by atoms with Crippen molar-refractivity contribution >= 4 is 16.9 Å². The van der Waals surface area contributed by atoms with Gasteiger partial charge in [0.15, 0.2) is 11.3 Å². The summed E-state index contributed by atoms with van der Waals surface area (Å²) in [6.45, 7) is 1.68. The molecule has 0 aliphatic heterocycles. The molecule has 0 atom stereocenters. The average Bonchev–Trinajstić information content (AvgIpc) is 2.67. The van der Waals surface area contributed by atoms with Gasteiger partial charge in [-0.2, -0.15) is 0 Å². The molecule has 0 radical (unpaired) electrons. The fourth-order valence-electron chi connectivity index (χ4n) is 1.83. The minimum absolute atomic E-state index is 0.0946. The number of benzene rings is 1. The van der Waals surface area contributed by atoms with Crippen LogP contribution in [0.4, 0.5) is 0 Å². The molecule has 1 heterocycles. The van der Waals surface area contributed by atoms with Crippen LogP contribution < -0.4 is 9.47 Å². The average molecular weight is 236 g/mol. The molecule has 0 spiro atoms. The summed E-state index contributed by atoms with van der Waals surface area (Å²) in [7, 11) is 3.02. The number of ether oxygens (including phenoxy) is 2. The van der Waals surface area contributed by atoms with Crippen LogP contribution in [-0.4, -0.2) is 25.3 Å². The number of aromatic carboxylic acids is 1. The summed E-state index contributed by atoms with van der Waals surface area (Å²) in [5.74, 6) is -0.156. The highest BCUT2D eigenvalue weighted by atomic mass is 16.5. The van der Waals surface area contributed by atoms with Crippen molar-refractivity contribution in [1.82, 2.24) is 0 Å². The van der Waals surface area contributed by atoms with E-state index in [2.05, 4.69) is 0 Å². The monoisotopic (exact) mass is 236 g/mol. The van der Waals surface area contributed by atoms with E-state index in [0.717, 1.165) is 0 Å². The van der Waals surface area contributed by atoms with E-state index in [1.165, 1.54) is 14.2 Å². The van der Waals surface area contributed by atoms with Gasteiger partial charge in [0.2, 0.25) is 5.76 Å². The number of hydrogen-bond acceptors (Lipinski definition) is 4. The van der Waals surface area contributed by atoms with Crippen LogP contribution in [0.2, 0.25) is 0 Å². The second-order valence-electron chi connectivity index (χ2n) is 3.54. The van der Waals surface area contributed by atoms with E-state index in [9.17, 15) is 4.79 Å². The summed E-state index contributed by atoms with van der Waals surface area (Å²) in [5, 5.41) is 9.65. The molecule has 90 valence electrons. The Kier molecular flexibility index (Phi) is 2.67. The summed E-state index contributed by atoms with van der Waals surface area (Å²) in [4.78, 5) is 11.0. The molecule has 1 aromatic heterocycles. The van der Waals surface area contributed by atoms with Gasteiger partial charge >= 0.3 is 5.97 Å². The van der Waals surface area contributed by atoms with Crippen molar-refractivity contribution in [2.75, 3.05) is 14.2 Å². The van der Waals surface area contributed by atoms with Crippen LogP contribution in [-0.2, 0) is 0 Å². The fourth-order valence-corrected chi connectivity index (χ4v) is 1.83. The van der Waals surface area contributed by atoms with Gasteiger partial charge in [-0.25, -0.2) is 4.79 Å². The van der Waals surface area contributed by atoms with E-state index in [1.807, 2.05) is 0 Å². The molecule has 0 amide bonds. The number of rotatable bonds is 3. The van der Waals surface area contributed by atoms with E-state index < -0.39 is 5.97 Å². The molecule has 5 nitrogen and oxygen atoms in total. The molecule has 1 aromatic carbocycles. The van der Waals surface area contributed by atoms with Gasteiger partial charge in [0.1, 0.15) is 5.75 Å². The van der Waals surface area contributed by atoms with E-state index in [1.54, 1.807) is 19.1 Å². The van der Waals surface area contributed by atoms with Gasteiger partial charge in [-0.1, -0.05) is 0 Å². The van der Waals surface area contributed by atoms with Gasteiger partial charge in [-0.15, -0.1) is 0 Å². The zero-order valence-electron chi connectivity index (χ0n) is 9.73. The lowest BCUT2D eigenvalue weighted by Gasteiger charge is -2.04. The predicted molar refractivity (Wildman–Crippen MR) is 61.0 cm³/mol. The maximum Gasteiger partial charge on any atom is 0.372 e. The van der Waals surface area contributed by atoms with Crippen molar-refractivity contribution in [3.63, 3.8) is 0 Å². The second-order valence-corrected chi connectivity index (χ2v) is 3.54. The van der Waals surface area contributed by atoms with Gasteiger partial charge in [-0.05, 0) is 19.1 Å². The first-order valence-electron chi connectivity index (χ1n) is 4.97. The number of carboxylic acids is 1. The number of furan rings is 1. The van der Waals surface area contributed by atoms with Crippen LogP contribution in [0.25, 0.3) is 11.0 Å². The molecule has 0 saturated carbocycles. The third-order valence-electron chi connectivity index (χ3n) is 2.64. The maximum atomic E-state index is 11.0. The third-order valence-corrected chi connectivity index (χ3v) is 2.64. The van der Waals surface area contributed by atoms with Crippen LogP contribution in [0, 0.1) is 6.92 Å². The standard InChI is InChI=1S/C12H12O5/c1-6-9-7(15-2)4-5-8(16-3)11(9)17-10(6)12(13)14/h4-5H,1-3H3,(H,13,14). The van der Waals surface area contributed by atoms with Gasteiger partial charge < -0.3 is 19.0 Å². The van der Waals surface area contributed by atoms with E-state index in [4.69, 9.17) is 19.0 Å². The highest BCUT2D eigenvalue weighted by Crippen LogP contribution is 2.38. The highest BCUT2D eigenvalue weighted by molar-refractivity contribution is 5.99. The summed E-state index contributed by atoms with van der Waals surface area (Å²) in [6.07, 6.45) is 0. The first kappa shape index (κ1) is 11.3. The number of carbonyl (C=O) groups is 1. The number of fused-ring (bicyclic) bond motifs is 1. The molecule has 0 bridgehead atoms. The molecule has 1 N–H and O–H groups in total. The zero-order chi connectivity index (χ0) is 12.6. The Morgan fingerprint density at radius 2 is 1.82 bits per heavy atom. The summed E-state index contributed by atoms with van der Waals surface area (Å²) >= 11 is 0. The molecule has 5 heteroatoms. The Bertz CT molecular complexity index is 582. The smallest absolute Gasteiger partial charge is 0.372 e. The Hall–Kier alpha value is -2.17. The van der Waals surface area contributed by atoms with Gasteiger partial charge in [0.05, 0.1) is 19.6 Å². The Morgan fingerprint density at radius 1 is 1.24 bits per heavy atom. The minimum Gasteiger partial charge on any atom is -0.496 e. The number of hydrogen-bond donors (Lipinski definition) is 1. The molecule has 2 rings (SSSR count). The van der Waals surface area contributed by atoms with Crippen LogP contribution in [0.5, 0.6) is 11.5 Å². The lowest BCUT2D eigenvalue weighted by molar-refractivity contribution is 0.0664. The van der Waals surface area contributed by atoms with E-state index in [-0.39, 0.29) is 5.76 Å². The molecule has 0 unspecified atom stereocenters. The largest absolute Gasteiger partial charge is 0.496 e. The van der Waals surface area contributed by atoms with Crippen LogP contribution >= 0.6 is 0 Å². The number of methoxy groups -OCH3 is 2. The van der Waals surface area contributed by atoms with Gasteiger partial charge in [-0.3, -0.25) is 0 Å². The van der Waals surface area contributed by atoms with Crippen molar-refractivity contribution < 1.29 is 23.8 Å². The molecule has 0 aliphatic rings. The Balaban J connectivity index is 2.87. The van der Waals surface area contributed by atoms with Crippen molar-refractivity contribution in [3.8, 4) is 11.5 Å².